The normalized spacial score (nSPS) is 13.0. The van der Waals surface area contributed by atoms with Crippen LogP contribution < -0.4 is 0 Å². The standard InChI is InChI=1S/C16H30O2/c1-3-4-5-6-7-8-9-10-11-12-13-14-15(2)16(17)18/h6-7,15H,3-5,8-14H2,1-2H3,(H,17,18). The largest absolute Gasteiger partial charge is 0.481 e. The summed E-state index contributed by atoms with van der Waals surface area (Å²) in [6.07, 6.45) is 16.5. The first-order valence-corrected chi connectivity index (χ1v) is 7.56. The number of carboxylic acid groups (broad SMARTS) is 1. The molecule has 0 bridgehead atoms. The quantitative estimate of drug-likeness (QED) is 0.384. The van der Waals surface area contributed by atoms with Crippen LogP contribution in [0.3, 0.4) is 0 Å². The first kappa shape index (κ1) is 17.2. The van der Waals surface area contributed by atoms with Crippen molar-refractivity contribution in [3.8, 4) is 0 Å². The van der Waals surface area contributed by atoms with Gasteiger partial charge in [0.15, 0.2) is 0 Å². The molecule has 1 atom stereocenters. The molecule has 2 nitrogen and oxygen atoms in total. The van der Waals surface area contributed by atoms with Crippen molar-refractivity contribution in [1.29, 1.82) is 0 Å². The second kappa shape index (κ2) is 12.7. The van der Waals surface area contributed by atoms with E-state index in [0.29, 0.717) is 0 Å². The molecule has 0 saturated carbocycles. The molecule has 2 heteroatoms. The number of aliphatic carboxylic acids is 1. The number of allylic oxidation sites excluding steroid dienone is 2. The molecule has 0 aliphatic carbocycles. The van der Waals surface area contributed by atoms with Gasteiger partial charge in [-0.3, -0.25) is 4.79 Å². The zero-order valence-electron chi connectivity index (χ0n) is 12.2. The van der Waals surface area contributed by atoms with Gasteiger partial charge < -0.3 is 5.11 Å². The Morgan fingerprint density at radius 2 is 1.56 bits per heavy atom. The molecule has 0 aromatic rings. The fourth-order valence-electron chi connectivity index (χ4n) is 1.92. The van der Waals surface area contributed by atoms with Crippen LogP contribution in [-0.2, 0) is 4.79 Å². The van der Waals surface area contributed by atoms with Crippen molar-refractivity contribution in [3.05, 3.63) is 12.2 Å². The van der Waals surface area contributed by atoms with Gasteiger partial charge in [-0.05, 0) is 25.7 Å². The highest BCUT2D eigenvalue weighted by Crippen LogP contribution is 2.12. The average Bonchev–Trinajstić information content (AvgIpc) is 2.35. The highest BCUT2D eigenvalue weighted by Gasteiger charge is 2.09. The summed E-state index contributed by atoms with van der Waals surface area (Å²) in [5, 5.41) is 8.74. The fraction of sp³-hybridized carbons (Fsp3) is 0.812. The molecule has 0 aromatic carbocycles. The van der Waals surface area contributed by atoms with Gasteiger partial charge in [0.25, 0.3) is 0 Å². The van der Waals surface area contributed by atoms with Crippen molar-refractivity contribution < 1.29 is 9.90 Å². The van der Waals surface area contributed by atoms with Gasteiger partial charge in [0.05, 0.1) is 5.92 Å². The molecule has 18 heavy (non-hydrogen) atoms. The molecular formula is C16H30O2. The van der Waals surface area contributed by atoms with Crippen molar-refractivity contribution in [3.63, 3.8) is 0 Å². The third kappa shape index (κ3) is 11.7. The zero-order chi connectivity index (χ0) is 13.6. The van der Waals surface area contributed by atoms with E-state index < -0.39 is 5.97 Å². The van der Waals surface area contributed by atoms with Crippen LogP contribution in [0.1, 0.15) is 78.1 Å². The second-order valence-corrected chi connectivity index (χ2v) is 5.20. The van der Waals surface area contributed by atoms with Gasteiger partial charge in [-0.25, -0.2) is 0 Å². The summed E-state index contributed by atoms with van der Waals surface area (Å²) < 4.78 is 0. The van der Waals surface area contributed by atoms with Gasteiger partial charge in [0, 0.05) is 0 Å². The molecule has 0 saturated heterocycles. The van der Waals surface area contributed by atoms with Crippen LogP contribution in [0.4, 0.5) is 0 Å². The monoisotopic (exact) mass is 254 g/mol. The maximum atomic E-state index is 10.6. The lowest BCUT2D eigenvalue weighted by molar-refractivity contribution is -0.141. The Morgan fingerprint density at radius 1 is 1.00 bits per heavy atom. The van der Waals surface area contributed by atoms with E-state index in [-0.39, 0.29) is 5.92 Å². The Labute approximate surface area is 112 Å². The van der Waals surface area contributed by atoms with E-state index in [2.05, 4.69) is 19.1 Å². The molecule has 0 radical (unpaired) electrons. The predicted molar refractivity (Wildman–Crippen MR) is 77.8 cm³/mol. The molecule has 0 rings (SSSR count). The van der Waals surface area contributed by atoms with Gasteiger partial charge in [-0.15, -0.1) is 0 Å². The van der Waals surface area contributed by atoms with Crippen LogP contribution in [0.2, 0.25) is 0 Å². The number of hydrogen-bond donors (Lipinski definition) is 1. The summed E-state index contributed by atoms with van der Waals surface area (Å²) in [6.45, 7) is 4.02. The van der Waals surface area contributed by atoms with Crippen molar-refractivity contribution >= 4 is 5.97 Å². The van der Waals surface area contributed by atoms with Crippen LogP contribution in [-0.4, -0.2) is 11.1 Å². The van der Waals surface area contributed by atoms with Gasteiger partial charge >= 0.3 is 5.97 Å². The Morgan fingerprint density at radius 3 is 2.17 bits per heavy atom. The van der Waals surface area contributed by atoms with Gasteiger partial charge in [-0.2, -0.15) is 0 Å². The summed E-state index contributed by atoms with van der Waals surface area (Å²) in [5.74, 6) is -0.835. The van der Waals surface area contributed by atoms with Crippen molar-refractivity contribution in [2.24, 2.45) is 5.92 Å². The van der Waals surface area contributed by atoms with Crippen molar-refractivity contribution in [2.75, 3.05) is 0 Å². The first-order chi connectivity index (χ1) is 8.68. The molecule has 106 valence electrons. The molecule has 0 aliphatic rings. The molecular weight excluding hydrogens is 224 g/mol. The Bertz CT molecular complexity index is 221. The Balaban J connectivity index is 3.16. The van der Waals surface area contributed by atoms with Crippen LogP contribution in [0.15, 0.2) is 12.2 Å². The van der Waals surface area contributed by atoms with Gasteiger partial charge in [0.1, 0.15) is 0 Å². The molecule has 0 heterocycles. The third-order valence-corrected chi connectivity index (χ3v) is 3.32. The van der Waals surface area contributed by atoms with Crippen LogP contribution >= 0.6 is 0 Å². The number of unbranched alkanes of at least 4 members (excludes halogenated alkanes) is 7. The lowest BCUT2D eigenvalue weighted by atomic mass is 10.0. The average molecular weight is 254 g/mol. The number of carbonyl (C=O) groups is 1. The maximum absolute atomic E-state index is 10.6. The first-order valence-electron chi connectivity index (χ1n) is 7.56. The summed E-state index contributed by atoms with van der Waals surface area (Å²) in [7, 11) is 0. The van der Waals surface area contributed by atoms with Crippen molar-refractivity contribution in [2.45, 2.75) is 78.1 Å². The second-order valence-electron chi connectivity index (χ2n) is 5.20. The summed E-state index contributed by atoms with van der Waals surface area (Å²) in [5.41, 5.74) is 0. The highest BCUT2D eigenvalue weighted by molar-refractivity contribution is 5.69. The summed E-state index contributed by atoms with van der Waals surface area (Å²) in [4.78, 5) is 10.6. The lowest BCUT2D eigenvalue weighted by Crippen LogP contribution is -2.08. The predicted octanol–water partition coefficient (Wildman–Crippen LogP) is 5.18. The number of rotatable bonds is 12. The number of carboxylic acids is 1. The van der Waals surface area contributed by atoms with Crippen LogP contribution in [0.5, 0.6) is 0 Å². The molecule has 0 aromatic heterocycles. The van der Waals surface area contributed by atoms with Crippen LogP contribution in [0.25, 0.3) is 0 Å². The highest BCUT2D eigenvalue weighted by atomic mass is 16.4. The fourth-order valence-corrected chi connectivity index (χ4v) is 1.92. The molecule has 0 fully saturated rings. The molecule has 1 N–H and O–H groups in total. The van der Waals surface area contributed by atoms with Crippen LogP contribution in [0, 0.1) is 5.92 Å². The molecule has 0 amide bonds. The smallest absolute Gasteiger partial charge is 0.306 e. The van der Waals surface area contributed by atoms with E-state index in [1.165, 1.54) is 51.4 Å². The Hall–Kier alpha value is -0.790. The SMILES string of the molecule is CCCCC=CCCCCCCCC(C)C(=O)O. The van der Waals surface area contributed by atoms with E-state index in [1.807, 2.05) is 0 Å². The van der Waals surface area contributed by atoms with E-state index in [0.717, 1.165) is 12.8 Å². The number of hydrogen-bond acceptors (Lipinski definition) is 1. The third-order valence-electron chi connectivity index (χ3n) is 3.32. The minimum absolute atomic E-state index is 0.175. The van der Waals surface area contributed by atoms with E-state index in [4.69, 9.17) is 5.11 Å². The molecule has 1 unspecified atom stereocenters. The summed E-state index contributed by atoms with van der Waals surface area (Å²) >= 11 is 0. The molecule has 0 spiro atoms. The minimum Gasteiger partial charge on any atom is -0.481 e. The summed E-state index contributed by atoms with van der Waals surface area (Å²) in [6, 6.07) is 0. The van der Waals surface area contributed by atoms with Gasteiger partial charge in [0.2, 0.25) is 0 Å². The minimum atomic E-state index is -0.660. The van der Waals surface area contributed by atoms with E-state index >= 15 is 0 Å². The maximum Gasteiger partial charge on any atom is 0.306 e. The zero-order valence-corrected chi connectivity index (χ0v) is 12.2. The lowest BCUT2D eigenvalue weighted by Gasteiger charge is -2.05. The molecule has 0 aliphatic heterocycles. The topological polar surface area (TPSA) is 37.3 Å². The van der Waals surface area contributed by atoms with E-state index in [1.54, 1.807) is 6.92 Å². The van der Waals surface area contributed by atoms with E-state index in [9.17, 15) is 4.79 Å². The van der Waals surface area contributed by atoms with Gasteiger partial charge in [-0.1, -0.05) is 64.5 Å². The Kier molecular flexibility index (Phi) is 12.1. The van der Waals surface area contributed by atoms with Crippen molar-refractivity contribution in [1.82, 2.24) is 0 Å².